The molecule has 2 N–H and O–H groups in total. The van der Waals surface area contributed by atoms with E-state index in [2.05, 4.69) is 12.1 Å². The van der Waals surface area contributed by atoms with Crippen molar-refractivity contribution in [2.24, 2.45) is 0 Å². The Morgan fingerprint density at radius 3 is 2.50 bits per heavy atom. The van der Waals surface area contributed by atoms with Gasteiger partial charge in [0.1, 0.15) is 6.07 Å². The van der Waals surface area contributed by atoms with E-state index in [9.17, 15) is 0 Å². The Morgan fingerprint density at radius 2 is 1.81 bits per heavy atom. The summed E-state index contributed by atoms with van der Waals surface area (Å²) in [7, 11) is 0. The quantitative estimate of drug-likeness (QED) is 0.732. The fraction of sp³-hybridized carbons (Fsp3) is 0.0714. The monoisotopic (exact) mass is 208 g/mol. The molecule has 2 nitrogen and oxygen atoms in total. The van der Waals surface area contributed by atoms with Gasteiger partial charge in [-0.05, 0) is 30.2 Å². The summed E-state index contributed by atoms with van der Waals surface area (Å²) in [6, 6.07) is 15.8. The molecule has 0 heterocycles. The molecule has 0 aliphatic carbocycles. The molecule has 0 unspecified atom stereocenters. The fourth-order valence-corrected chi connectivity index (χ4v) is 1.66. The predicted octanol–water partition coefficient (Wildman–Crippen LogP) is 3.12. The van der Waals surface area contributed by atoms with Crippen molar-refractivity contribution >= 4 is 5.69 Å². The van der Waals surface area contributed by atoms with E-state index in [1.54, 1.807) is 6.07 Å². The number of rotatable bonds is 1. The summed E-state index contributed by atoms with van der Waals surface area (Å²) in [4.78, 5) is 0. The SMILES string of the molecule is Cc1cccc(-c2ccc(N)c(C#N)c2)c1. The Kier molecular flexibility index (Phi) is 2.61. The number of aryl methyl sites for hydroxylation is 1. The minimum absolute atomic E-state index is 0.527. The molecule has 0 radical (unpaired) electrons. The van der Waals surface area contributed by atoms with E-state index in [1.165, 1.54) is 5.56 Å². The van der Waals surface area contributed by atoms with Crippen molar-refractivity contribution in [3.63, 3.8) is 0 Å². The second-order valence-electron chi connectivity index (χ2n) is 3.78. The fourth-order valence-electron chi connectivity index (χ4n) is 1.66. The summed E-state index contributed by atoms with van der Waals surface area (Å²) in [5.74, 6) is 0. The number of nitrogen functional groups attached to an aromatic ring is 1. The molecule has 0 fully saturated rings. The van der Waals surface area contributed by atoms with E-state index >= 15 is 0 Å². The molecule has 0 amide bonds. The number of nitrogens with two attached hydrogens (primary N) is 1. The third kappa shape index (κ3) is 1.89. The summed E-state index contributed by atoms with van der Waals surface area (Å²) in [5.41, 5.74) is 10.1. The molecule has 2 aromatic rings. The summed E-state index contributed by atoms with van der Waals surface area (Å²) < 4.78 is 0. The van der Waals surface area contributed by atoms with E-state index in [0.29, 0.717) is 11.3 Å². The van der Waals surface area contributed by atoms with Crippen LogP contribution >= 0.6 is 0 Å². The van der Waals surface area contributed by atoms with E-state index in [0.717, 1.165) is 11.1 Å². The van der Waals surface area contributed by atoms with Gasteiger partial charge >= 0.3 is 0 Å². The summed E-state index contributed by atoms with van der Waals surface area (Å²) in [6.07, 6.45) is 0. The van der Waals surface area contributed by atoms with Crippen LogP contribution in [0.4, 0.5) is 5.69 Å². The standard InChI is InChI=1S/C14H12N2/c1-10-3-2-4-11(7-10)12-5-6-14(16)13(8-12)9-15/h2-8H,16H2,1H3. The van der Waals surface area contributed by atoms with Crippen molar-refractivity contribution < 1.29 is 0 Å². The van der Waals surface area contributed by atoms with Crippen LogP contribution in [0.1, 0.15) is 11.1 Å². The molecular weight excluding hydrogens is 196 g/mol. The maximum atomic E-state index is 8.91. The largest absolute Gasteiger partial charge is 0.398 e. The number of benzene rings is 2. The first kappa shape index (κ1) is 10.3. The normalized spacial score (nSPS) is 9.75. The minimum atomic E-state index is 0.527. The number of anilines is 1. The summed E-state index contributed by atoms with van der Waals surface area (Å²) in [6.45, 7) is 2.05. The lowest BCUT2D eigenvalue weighted by atomic mass is 10.0. The highest BCUT2D eigenvalue weighted by Crippen LogP contribution is 2.23. The molecule has 0 aliphatic heterocycles. The predicted molar refractivity (Wildman–Crippen MR) is 65.7 cm³/mol. The molecule has 0 bridgehead atoms. The van der Waals surface area contributed by atoms with Crippen LogP contribution in [0.3, 0.4) is 0 Å². The number of nitriles is 1. The van der Waals surface area contributed by atoms with E-state index in [1.807, 2.05) is 37.3 Å². The van der Waals surface area contributed by atoms with Crippen molar-refractivity contribution in [3.05, 3.63) is 53.6 Å². The van der Waals surface area contributed by atoms with Crippen molar-refractivity contribution in [1.82, 2.24) is 0 Å². The van der Waals surface area contributed by atoms with Gasteiger partial charge in [0.05, 0.1) is 5.56 Å². The van der Waals surface area contributed by atoms with Crippen LogP contribution in [0.25, 0.3) is 11.1 Å². The van der Waals surface area contributed by atoms with Crippen LogP contribution in [-0.4, -0.2) is 0 Å². The van der Waals surface area contributed by atoms with Gasteiger partial charge < -0.3 is 5.73 Å². The van der Waals surface area contributed by atoms with Crippen LogP contribution in [-0.2, 0) is 0 Å². The Labute approximate surface area is 95.0 Å². The highest BCUT2D eigenvalue weighted by Gasteiger charge is 2.02. The lowest BCUT2D eigenvalue weighted by Crippen LogP contribution is -1.90. The first-order valence-corrected chi connectivity index (χ1v) is 5.07. The maximum Gasteiger partial charge on any atom is 0.101 e. The van der Waals surface area contributed by atoms with E-state index < -0.39 is 0 Å². The second kappa shape index (κ2) is 4.08. The highest BCUT2D eigenvalue weighted by molar-refractivity contribution is 5.70. The van der Waals surface area contributed by atoms with Gasteiger partial charge in [-0.15, -0.1) is 0 Å². The molecule has 2 aromatic carbocycles. The molecule has 0 aliphatic rings. The van der Waals surface area contributed by atoms with Gasteiger partial charge in [0, 0.05) is 5.69 Å². The van der Waals surface area contributed by atoms with Gasteiger partial charge in [0.15, 0.2) is 0 Å². The average molecular weight is 208 g/mol. The Bertz CT molecular complexity index is 565. The molecule has 0 atom stereocenters. The molecule has 2 heteroatoms. The number of nitrogens with zero attached hydrogens (tertiary/aromatic N) is 1. The van der Waals surface area contributed by atoms with Gasteiger partial charge in [0.25, 0.3) is 0 Å². The van der Waals surface area contributed by atoms with Crippen molar-refractivity contribution in [2.45, 2.75) is 6.92 Å². The third-order valence-corrected chi connectivity index (χ3v) is 2.53. The zero-order chi connectivity index (χ0) is 11.5. The van der Waals surface area contributed by atoms with Gasteiger partial charge in [-0.1, -0.05) is 35.9 Å². The first-order valence-electron chi connectivity index (χ1n) is 5.07. The molecule has 16 heavy (non-hydrogen) atoms. The number of hydrogen-bond donors (Lipinski definition) is 1. The van der Waals surface area contributed by atoms with E-state index in [4.69, 9.17) is 11.0 Å². The van der Waals surface area contributed by atoms with Gasteiger partial charge in [0.2, 0.25) is 0 Å². The first-order chi connectivity index (χ1) is 7.70. The summed E-state index contributed by atoms with van der Waals surface area (Å²) >= 11 is 0. The molecule has 0 spiro atoms. The van der Waals surface area contributed by atoms with Crippen LogP contribution in [0.15, 0.2) is 42.5 Å². The smallest absolute Gasteiger partial charge is 0.101 e. The zero-order valence-corrected chi connectivity index (χ0v) is 9.07. The topological polar surface area (TPSA) is 49.8 Å². The van der Waals surface area contributed by atoms with Crippen LogP contribution < -0.4 is 5.73 Å². The zero-order valence-electron chi connectivity index (χ0n) is 9.07. The maximum absolute atomic E-state index is 8.91. The molecule has 0 aromatic heterocycles. The van der Waals surface area contributed by atoms with Crippen molar-refractivity contribution in [3.8, 4) is 17.2 Å². The highest BCUT2D eigenvalue weighted by atomic mass is 14.6. The van der Waals surface area contributed by atoms with Gasteiger partial charge in [-0.3, -0.25) is 0 Å². The minimum Gasteiger partial charge on any atom is -0.398 e. The van der Waals surface area contributed by atoms with Crippen molar-refractivity contribution in [1.29, 1.82) is 5.26 Å². The molecule has 0 saturated heterocycles. The van der Waals surface area contributed by atoms with Crippen LogP contribution in [0.2, 0.25) is 0 Å². The molecular formula is C14H12N2. The third-order valence-electron chi connectivity index (χ3n) is 2.53. The molecule has 0 saturated carbocycles. The summed E-state index contributed by atoms with van der Waals surface area (Å²) in [5, 5.41) is 8.91. The lowest BCUT2D eigenvalue weighted by molar-refractivity contribution is 1.45. The van der Waals surface area contributed by atoms with Crippen LogP contribution in [0.5, 0.6) is 0 Å². The average Bonchev–Trinajstić information content (AvgIpc) is 2.29. The van der Waals surface area contributed by atoms with Crippen LogP contribution in [0, 0.1) is 18.3 Å². The van der Waals surface area contributed by atoms with Crippen molar-refractivity contribution in [2.75, 3.05) is 5.73 Å². The lowest BCUT2D eigenvalue weighted by Gasteiger charge is -2.04. The number of hydrogen-bond acceptors (Lipinski definition) is 2. The Balaban J connectivity index is 2.54. The van der Waals surface area contributed by atoms with E-state index in [-0.39, 0.29) is 0 Å². The van der Waals surface area contributed by atoms with Gasteiger partial charge in [-0.2, -0.15) is 5.26 Å². The Morgan fingerprint density at radius 1 is 1.06 bits per heavy atom. The van der Waals surface area contributed by atoms with Gasteiger partial charge in [-0.25, -0.2) is 0 Å². The molecule has 2 rings (SSSR count). The Hall–Kier alpha value is -2.27. The second-order valence-corrected chi connectivity index (χ2v) is 3.78. The molecule has 78 valence electrons.